The normalized spacial score (nSPS) is 34.4. The lowest BCUT2D eigenvalue weighted by atomic mass is 9.89. The minimum Gasteiger partial charge on any atom is -0.309 e. The molecule has 3 heteroatoms. The Balaban J connectivity index is 1.79. The van der Waals surface area contributed by atoms with Crippen molar-refractivity contribution >= 4 is 0 Å². The summed E-state index contributed by atoms with van der Waals surface area (Å²) in [6.07, 6.45) is 4.20. The van der Waals surface area contributed by atoms with Gasteiger partial charge >= 0.3 is 0 Å². The number of alkyl halides is 1. The van der Waals surface area contributed by atoms with Crippen LogP contribution in [0, 0.1) is 0 Å². The average molecular weight is 214 g/mol. The number of piperidine rings is 1. The van der Waals surface area contributed by atoms with Gasteiger partial charge in [0.25, 0.3) is 0 Å². The Labute approximate surface area is 92.2 Å². The van der Waals surface area contributed by atoms with Gasteiger partial charge in [0.1, 0.15) is 6.17 Å². The molecule has 2 rings (SSSR count). The molecule has 0 aromatic heterocycles. The van der Waals surface area contributed by atoms with Gasteiger partial charge in [-0.3, -0.25) is 4.90 Å². The van der Waals surface area contributed by atoms with E-state index in [4.69, 9.17) is 0 Å². The zero-order valence-electron chi connectivity index (χ0n) is 9.88. The maximum Gasteiger partial charge on any atom is 0.128 e. The molecule has 2 fully saturated rings. The molecule has 0 radical (unpaired) electrons. The van der Waals surface area contributed by atoms with Crippen molar-refractivity contribution < 1.29 is 4.39 Å². The molecule has 0 bridgehead atoms. The molecule has 88 valence electrons. The number of rotatable bonds is 3. The second-order valence-electron chi connectivity index (χ2n) is 5.31. The summed E-state index contributed by atoms with van der Waals surface area (Å²) < 4.78 is 13.9. The molecule has 1 saturated carbocycles. The lowest BCUT2D eigenvalue weighted by molar-refractivity contribution is 0.0407. The van der Waals surface area contributed by atoms with Crippen LogP contribution in [0.2, 0.25) is 0 Å². The Morgan fingerprint density at radius 2 is 2.00 bits per heavy atom. The molecule has 0 aromatic carbocycles. The molecule has 0 aromatic rings. The van der Waals surface area contributed by atoms with Gasteiger partial charge in [-0.2, -0.15) is 0 Å². The molecule has 0 unspecified atom stereocenters. The lowest BCUT2D eigenvalue weighted by Gasteiger charge is -2.43. The minimum atomic E-state index is -0.679. The number of nitrogens with one attached hydrogen (secondary N) is 1. The summed E-state index contributed by atoms with van der Waals surface area (Å²) in [6.45, 7) is 5.90. The third kappa shape index (κ3) is 2.70. The lowest BCUT2D eigenvalue weighted by Crippen LogP contribution is -2.55. The second kappa shape index (κ2) is 4.79. The highest BCUT2D eigenvalue weighted by Crippen LogP contribution is 2.28. The number of likely N-dealkylation sites (tertiary alicyclic amines) is 1. The topological polar surface area (TPSA) is 15.3 Å². The third-order valence-corrected chi connectivity index (χ3v) is 3.71. The number of hydrogen-bond donors (Lipinski definition) is 1. The van der Waals surface area contributed by atoms with Gasteiger partial charge in [-0.1, -0.05) is 20.3 Å². The van der Waals surface area contributed by atoms with Crippen molar-refractivity contribution in [3.05, 3.63) is 0 Å². The van der Waals surface area contributed by atoms with Crippen molar-refractivity contribution in [3.8, 4) is 0 Å². The molecule has 15 heavy (non-hydrogen) atoms. The van der Waals surface area contributed by atoms with E-state index in [1.54, 1.807) is 0 Å². The van der Waals surface area contributed by atoms with E-state index in [0.717, 1.165) is 13.0 Å². The third-order valence-electron chi connectivity index (χ3n) is 3.71. The van der Waals surface area contributed by atoms with Crippen molar-refractivity contribution in [1.82, 2.24) is 10.2 Å². The molecule has 0 amide bonds. The Hall–Kier alpha value is -0.150. The van der Waals surface area contributed by atoms with Gasteiger partial charge in [0.2, 0.25) is 0 Å². The highest BCUT2D eigenvalue weighted by atomic mass is 19.1. The van der Waals surface area contributed by atoms with E-state index in [-0.39, 0.29) is 6.04 Å². The van der Waals surface area contributed by atoms with Gasteiger partial charge in [0.05, 0.1) is 0 Å². The van der Waals surface area contributed by atoms with E-state index < -0.39 is 6.17 Å². The fourth-order valence-corrected chi connectivity index (χ4v) is 2.63. The summed E-state index contributed by atoms with van der Waals surface area (Å²) in [5.74, 6) is 0. The second-order valence-corrected chi connectivity index (χ2v) is 5.31. The summed E-state index contributed by atoms with van der Waals surface area (Å²) in [7, 11) is 0. The zero-order valence-corrected chi connectivity index (χ0v) is 9.88. The van der Waals surface area contributed by atoms with Crippen LogP contribution in [0.3, 0.4) is 0 Å². The minimum absolute atomic E-state index is 0.0846. The van der Waals surface area contributed by atoms with Crippen LogP contribution in [-0.2, 0) is 0 Å². The van der Waals surface area contributed by atoms with E-state index >= 15 is 0 Å². The first-order valence-corrected chi connectivity index (χ1v) is 6.31. The van der Waals surface area contributed by atoms with E-state index in [1.165, 1.54) is 19.3 Å². The SMILES string of the molecule is CC(C)N[C@H]1CCN(C2CCC2)C[C@H]1F. The first kappa shape index (κ1) is 11.3. The Bertz CT molecular complexity index is 204. The van der Waals surface area contributed by atoms with Gasteiger partial charge in [-0.05, 0) is 19.3 Å². The highest BCUT2D eigenvalue weighted by molar-refractivity contribution is 4.91. The molecule has 2 nitrogen and oxygen atoms in total. The summed E-state index contributed by atoms with van der Waals surface area (Å²) >= 11 is 0. The van der Waals surface area contributed by atoms with Crippen molar-refractivity contribution in [2.75, 3.05) is 13.1 Å². The van der Waals surface area contributed by atoms with Crippen LogP contribution in [-0.4, -0.2) is 42.3 Å². The molecule has 1 aliphatic carbocycles. The van der Waals surface area contributed by atoms with Crippen LogP contribution in [0.25, 0.3) is 0 Å². The van der Waals surface area contributed by atoms with Crippen LogP contribution >= 0.6 is 0 Å². The van der Waals surface area contributed by atoms with Gasteiger partial charge < -0.3 is 5.32 Å². The Kier molecular flexibility index (Phi) is 3.62. The van der Waals surface area contributed by atoms with Crippen molar-refractivity contribution in [1.29, 1.82) is 0 Å². The van der Waals surface area contributed by atoms with E-state index in [2.05, 4.69) is 24.1 Å². The van der Waals surface area contributed by atoms with Gasteiger partial charge in [0, 0.05) is 31.2 Å². The summed E-state index contributed by atoms with van der Waals surface area (Å²) in [5.41, 5.74) is 0. The van der Waals surface area contributed by atoms with Crippen LogP contribution in [0.15, 0.2) is 0 Å². The van der Waals surface area contributed by atoms with Gasteiger partial charge in [0.15, 0.2) is 0 Å². The number of halogens is 1. The molecule has 1 saturated heterocycles. The highest BCUT2D eigenvalue weighted by Gasteiger charge is 2.34. The van der Waals surface area contributed by atoms with Crippen LogP contribution in [0.1, 0.15) is 39.5 Å². The van der Waals surface area contributed by atoms with Crippen molar-refractivity contribution in [3.63, 3.8) is 0 Å². The standard InChI is InChI=1S/C12H23FN2/c1-9(2)14-12-6-7-15(8-11(12)13)10-4-3-5-10/h9-12,14H,3-8H2,1-2H3/t11-,12+/m1/s1. The average Bonchev–Trinajstić information content (AvgIpc) is 2.06. The molecular weight excluding hydrogens is 191 g/mol. The summed E-state index contributed by atoms with van der Waals surface area (Å²) in [5, 5.41) is 3.33. The molecular formula is C12H23FN2. The fourth-order valence-electron chi connectivity index (χ4n) is 2.63. The van der Waals surface area contributed by atoms with E-state index in [9.17, 15) is 4.39 Å². The fraction of sp³-hybridized carbons (Fsp3) is 1.00. The molecule has 1 heterocycles. The quantitative estimate of drug-likeness (QED) is 0.772. The zero-order chi connectivity index (χ0) is 10.8. The molecule has 1 N–H and O–H groups in total. The molecule has 0 spiro atoms. The van der Waals surface area contributed by atoms with E-state index in [1.807, 2.05) is 0 Å². The Morgan fingerprint density at radius 3 is 2.47 bits per heavy atom. The van der Waals surface area contributed by atoms with Gasteiger partial charge in [-0.15, -0.1) is 0 Å². The number of nitrogens with zero attached hydrogens (tertiary/aromatic N) is 1. The van der Waals surface area contributed by atoms with Crippen LogP contribution in [0.4, 0.5) is 4.39 Å². The molecule has 2 atom stereocenters. The largest absolute Gasteiger partial charge is 0.309 e. The van der Waals surface area contributed by atoms with Crippen molar-refractivity contribution in [2.45, 2.75) is 63.8 Å². The first-order valence-electron chi connectivity index (χ1n) is 6.31. The Morgan fingerprint density at radius 1 is 1.27 bits per heavy atom. The van der Waals surface area contributed by atoms with Crippen LogP contribution < -0.4 is 5.32 Å². The molecule has 2 aliphatic rings. The van der Waals surface area contributed by atoms with Crippen molar-refractivity contribution in [2.24, 2.45) is 0 Å². The maximum absolute atomic E-state index is 13.9. The van der Waals surface area contributed by atoms with E-state index in [0.29, 0.717) is 18.6 Å². The number of hydrogen-bond acceptors (Lipinski definition) is 2. The maximum atomic E-state index is 13.9. The molecule has 1 aliphatic heterocycles. The monoisotopic (exact) mass is 214 g/mol. The smallest absolute Gasteiger partial charge is 0.128 e. The summed E-state index contributed by atoms with van der Waals surface area (Å²) in [4.78, 5) is 2.35. The first-order chi connectivity index (χ1) is 7.16. The van der Waals surface area contributed by atoms with Gasteiger partial charge in [-0.25, -0.2) is 4.39 Å². The van der Waals surface area contributed by atoms with Crippen LogP contribution in [0.5, 0.6) is 0 Å². The predicted octanol–water partition coefficient (Wildman–Crippen LogP) is 1.95. The predicted molar refractivity (Wildman–Crippen MR) is 60.8 cm³/mol. The summed E-state index contributed by atoms with van der Waals surface area (Å²) in [6, 6.07) is 1.17.